The summed E-state index contributed by atoms with van der Waals surface area (Å²) in [4.78, 5) is 24.1. The van der Waals surface area contributed by atoms with Crippen molar-refractivity contribution in [2.45, 2.75) is 26.8 Å². The minimum atomic E-state index is -0.112. The molecule has 4 N–H and O–H groups in total. The fraction of sp³-hybridized carbons (Fsp3) is 0.300. The van der Waals surface area contributed by atoms with Gasteiger partial charge in [-0.2, -0.15) is 0 Å². The third kappa shape index (κ3) is 5.43. The quantitative estimate of drug-likeness (QED) is 0.677. The number of nitrogens with two attached hydrogens (primary N) is 1. The van der Waals surface area contributed by atoms with Gasteiger partial charge in [-0.1, -0.05) is 18.2 Å². The standard InChI is InChI=1S/C20H25N3O2/c1-14-4-7-18(12-15(14)2)20(25)23-13-16-5-8-17(9-6-16)19(24)22-11-3-10-21/h4-9,12H,3,10-11,13,21H2,1-2H3,(H,22,24)(H,23,25). The van der Waals surface area contributed by atoms with Crippen LogP contribution in [-0.4, -0.2) is 24.9 Å². The van der Waals surface area contributed by atoms with Gasteiger partial charge in [-0.05, 0) is 67.8 Å². The zero-order valence-corrected chi connectivity index (χ0v) is 14.8. The van der Waals surface area contributed by atoms with Crippen molar-refractivity contribution in [3.8, 4) is 0 Å². The molecule has 0 fully saturated rings. The normalized spacial score (nSPS) is 10.4. The number of aryl methyl sites for hydroxylation is 2. The number of carbonyl (C=O) groups is 2. The second-order valence-corrected chi connectivity index (χ2v) is 6.08. The summed E-state index contributed by atoms with van der Waals surface area (Å²) in [7, 11) is 0. The first kappa shape index (κ1) is 18.7. The Morgan fingerprint density at radius 3 is 2.16 bits per heavy atom. The molecule has 0 bridgehead atoms. The van der Waals surface area contributed by atoms with Gasteiger partial charge in [0.1, 0.15) is 0 Å². The summed E-state index contributed by atoms with van der Waals surface area (Å²) in [5.74, 6) is -0.217. The van der Waals surface area contributed by atoms with E-state index < -0.39 is 0 Å². The fourth-order valence-electron chi connectivity index (χ4n) is 2.35. The van der Waals surface area contributed by atoms with Crippen LogP contribution in [0.1, 0.15) is 43.8 Å². The molecule has 5 heteroatoms. The maximum Gasteiger partial charge on any atom is 0.251 e. The molecule has 0 saturated heterocycles. The molecule has 0 aromatic heterocycles. The molecule has 0 aliphatic rings. The van der Waals surface area contributed by atoms with Gasteiger partial charge < -0.3 is 16.4 Å². The van der Waals surface area contributed by atoms with E-state index in [9.17, 15) is 9.59 Å². The number of benzene rings is 2. The van der Waals surface area contributed by atoms with Gasteiger partial charge in [-0.25, -0.2) is 0 Å². The molecule has 132 valence electrons. The maximum atomic E-state index is 12.2. The van der Waals surface area contributed by atoms with Crippen molar-refractivity contribution in [2.24, 2.45) is 5.73 Å². The summed E-state index contributed by atoms with van der Waals surface area (Å²) >= 11 is 0. The Bertz CT molecular complexity index is 739. The molecular formula is C20H25N3O2. The molecule has 0 aliphatic heterocycles. The average molecular weight is 339 g/mol. The second-order valence-electron chi connectivity index (χ2n) is 6.08. The third-order valence-corrected chi connectivity index (χ3v) is 4.10. The van der Waals surface area contributed by atoms with Gasteiger partial charge >= 0.3 is 0 Å². The van der Waals surface area contributed by atoms with E-state index in [1.807, 2.05) is 44.2 Å². The lowest BCUT2D eigenvalue weighted by atomic mass is 10.1. The highest BCUT2D eigenvalue weighted by Gasteiger charge is 2.08. The summed E-state index contributed by atoms with van der Waals surface area (Å²) in [6, 6.07) is 12.9. The molecule has 25 heavy (non-hydrogen) atoms. The number of amides is 2. The highest BCUT2D eigenvalue weighted by molar-refractivity contribution is 5.95. The Hall–Kier alpha value is -2.66. The van der Waals surface area contributed by atoms with E-state index in [1.165, 1.54) is 0 Å². The highest BCUT2D eigenvalue weighted by Crippen LogP contribution is 2.10. The first-order chi connectivity index (χ1) is 12.0. The van der Waals surface area contributed by atoms with Gasteiger partial charge in [0.05, 0.1) is 0 Å². The van der Waals surface area contributed by atoms with Crippen molar-refractivity contribution < 1.29 is 9.59 Å². The molecule has 5 nitrogen and oxygen atoms in total. The van der Waals surface area contributed by atoms with Crippen LogP contribution in [-0.2, 0) is 6.54 Å². The van der Waals surface area contributed by atoms with Gasteiger partial charge in [-0.3, -0.25) is 9.59 Å². The maximum absolute atomic E-state index is 12.2. The second kappa shape index (κ2) is 8.99. The number of rotatable bonds is 7. The zero-order valence-electron chi connectivity index (χ0n) is 14.8. The van der Waals surface area contributed by atoms with Crippen LogP contribution in [0.25, 0.3) is 0 Å². The van der Waals surface area contributed by atoms with Crippen LogP contribution < -0.4 is 16.4 Å². The molecule has 2 aromatic rings. The lowest BCUT2D eigenvalue weighted by molar-refractivity contribution is 0.0942. The lowest BCUT2D eigenvalue weighted by Crippen LogP contribution is -2.26. The molecule has 0 heterocycles. The van der Waals surface area contributed by atoms with Gasteiger partial charge in [0.15, 0.2) is 0 Å². The Labute approximate surface area is 148 Å². The third-order valence-electron chi connectivity index (χ3n) is 4.10. The van der Waals surface area contributed by atoms with Crippen LogP contribution >= 0.6 is 0 Å². The van der Waals surface area contributed by atoms with E-state index in [-0.39, 0.29) is 11.8 Å². The molecular weight excluding hydrogens is 314 g/mol. The van der Waals surface area contributed by atoms with Gasteiger partial charge in [-0.15, -0.1) is 0 Å². The zero-order chi connectivity index (χ0) is 18.2. The van der Waals surface area contributed by atoms with E-state index in [2.05, 4.69) is 10.6 Å². The van der Waals surface area contributed by atoms with Crippen molar-refractivity contribution in [3.05, 3.63) is 70.3 Å². The van der Waals surface area contributed by atoms with Crippen LogP contribution in [0.2, 0.25) is 0 Å². The SMILES string of the molecule is Cc1ccc(C(=O)NCc2ccc(C(=O)NCCCN)cc2)cc1C. The number of nitrogens with one attached hydrogen (secondary N) is 2. The van der Waals surface area contributed by atoms with Crippen molar-refractivity contribution >= 4 is 11.8 Å². The van der Waals surface area contributed by atoms with E-state index in [0.717, 1.165) is 23.1 Å². The van der Waals surface area contributed by atoms with E-state index in [4.69, 9.17) is 5.73 Å². The molecule has 0 radical (unpaired) electrons. The largest absolute Gasteiger partial charge is 0.352 e. The predicted octanol–water partition coefficient (Wildman–Crippen LogP) is 2.31. The highest BCUT2D eigenvalue weighted by atomic mass is 16.2. The topological polar surface area (TPSA) is 84.2 Å². The lowest BCUT2D eigenvalue weighted by Gasteiger charge is -2.08. The number of hydrogen-bond acceptors (Lipinski definition) is 3. The minimum absolute atomic E-state index is 0.105. The van der Waals surface area contributed by atoms with Crippen LogP contribution in [0, 0.1) is 13.8 Å². The summed E-state index contributed by atoms with van der Waals surface area (Å²) in [5.41, 5.74) is 9.85. The number of carbonyl (C=O) groups excluding carboxylic acids is 2. The fourth-order valence-corrected chi connectivity index (χ4v) is 2.35. The molecule has 0 unspecified atom stereocenters. The van der Waals surface area contributed by atoms with E-state index in [1.54, 1.807) is 12.1 Å². The molecule has 0 spiro atoms. The average Bonchev–Trinajstić information content (AvgIpc) is 2.62. The first-order valence-electron chi connectivity index (χ1n) is 8.44. The Morgan fingerprint density at radius 1 is 0.880 bits per heavy atom. The van der Waals surface area contributed by atoms with Gasteiger partial charge in [0.2, 0.25) is 0 Å². The molecule has 0 aliphatic carbocycles. The van der Waals surface area contributed by atoms with Crippen molar-refractivity contribution in [2.75, 3.05) is 13.1 Å². The van der Waals surface area contributed by atoms with Gasteiger partial charge in [0, 0.05) is 24.2 Å². The van der Waals surface area contributed by atoms with Crippen LogP contribution in [0.4, 0.5) is 0 Å². The molecule has 0 atom stereocenters. The first-order valence-corrected chi connectivity index (χ1v) is 8.44. The number of hydrogen-bond donors (Lipinski definition) is 3. The van der Waals surface area contributed by atoms with E-state index in [0.29, 0.717) is 30.8 Å². The monoisotopic (exact) mass is 339 g/mol. The molecule has 2 amide bonds. The Kier molecular flexibility index (Phi) is 6.71. The van der Waals surface area contributed by atoms with Crippen LogP contribution in [0.3, 0.4) is 0 Å². The van der Waals surface area contributed by atoms with Crippen molar-refractivity contribution in [1.29, 1.82) is 0 Å². The Balaban J connectivity index is 1.89. The molecule has 2 rings (SSSR count). The van der Waals surface area contributed by atoms with Crippen molar-refractivity contribution in [1.82, 2.24) is 10.6 Å². The van der Waals surface area contributed by atoms with Crippen LogP contribution in [0.5, 0.6) is 0 Å². The summed E-state index contributed by atoms with van der Waals surface area (Å²) in [5, 5.41) is 5.71. The summed E-state index contributed by atoms with van der Waals surface area (Å²) in [6.45, 7) is 5.55. The van der Waals surface area contributed by atoms with E-state index >= 15 is 0 Å². The minimum Gasteiger partial charge on any atom is -0.352 e. The van der Waals surface area contributed by atoms with Gasteiger partial charge in [0.25, 0.3) is 11.8 Å². The predicted molar refractivity (Wildman–Crippen MR) is 99.5 cm³/mol. The summed E-state index contributed by atoms with van der Waals surface area (Å²) < 4.78 is 0. The molecule has 2 aromatic carbocycles. The van der Waals surface area contributed by atoms with Crippen molar-refractivity contribution in [3.63, 3.8) is 0 Å². The molecule has 0 saturated carbocycles. The Morgan fingerprint density at radius 2 is 1.52 bits per heavy atom. The smallest absolute Gasteiger partial charge is 0.251 e. The summed E-state index contributed by atoms with van der Waals surface area (Å²) in [6.07, 6.45) is 0.758. The van der Waals surface area contributed by atoms with Crippen LogP contribution in [0.15, 0.2) is 42.5 Å².